The third-order valence-corrected chi connectivity index (χ3v) is 5.30. The van der Waals surface area contributed by atoms with E-state index >= 15 is 0 Å². The van der Waals surface area contributed by atoms with Crippen molar-refractivity contribution < 1.29 is 17.9 Å². The minimum atomic E-state index is -3.92. The van der Waals surface area contributed by atoms with E-state index in [1.807, 2.05) is 0 Å². The summed E-state index contributed by atoms with van der Waals surface area (Å²) in [7, 11) is -2.41. The van der Waals surface area contributed by atoms with Gasteiger partial charge in [0.15, 0.2) is 5.69 Å². The van der Waals surface area contributed by atoms with Crippen molar-refractivity contribution in [3.8, 4) is 5.75 Å². The first-order valence-electron chi connectivity index (χ1n) is 7.91. The molecular formula is C17H17N5O4S. The number of hydrogen-bond acceptors (Lipinski definition) is 7. The van der Waals surface area contributed by atoms with Crippen LogP contribution < -0.4 is 10.1 Å². The lowest BCUT2D eigenvalue weighted by molar-refractivity contribution is 0.0945. The number of nitrogens with one attached hydrogen (secondary N) is 1. The molecule has 3 rings (SSSR count). The van der Waals surface area contributed by atoms with Crippen LogP contribution in [0.25, 0.3) is 0 Å². The quantitative estimate of drug-likeness (QED) is 0.674. The number of methoxy groups -OCH3 is 1. The van der Waals surface area contributed by atoms with E-state index in [0.717, 1.165) is 4.09 Å². The molecule has 9 nitrogen and oxygen atoms in total. The number of aryl methyl sites for hydroxylation is 1. The predicted octanol–water partition coefficient (Wildman–Crippen LogP) is 1.16. The van der Waals surface area contributed by atoms with Crippen LogP contribution in [0, 0.1) is 6.92 Å². The molecule has 0 unspecified atom stereocenters. The highest BCUT2D eigenvalue weighted by Crippen LogP contribution is 2.22. The molecule has 0 fully saturated rings. The fourth-order valence-corrected chi connectivity index (χ4v) is 3.56. The summed E-state index contributed by atoms with van der Waals surface area (Å²) in [6, 6.07) is 5.82. The molecule has 1 aromatic carbocycles. The van der Waals surface area contributed by atoms with Crippen molar-refractivity contribution in [1.82, 2.24) is 24.5 Å². The van der Waals surface area contributed by atoms with E-state index in [-0.39, 0.29) is 17.1 Å². The van der Waals surface area contributed by atoms with Crippen LogP contribution in [0.4, 0.5) is 0 Å². The van der Waals surface area contributed by atoms with Gasteiger partial charge >= 0.3 is 0 Å². The Labute approximate surface area is 156 Å². The molecule has 0 atom stereocenters. The van der Waals surface area contributed by atoms with Crippen LogP contribution in [-0.2, 0) is 16.6 Å². The highest BCUT2D eigenvalue weighted by Gasteiger charge is 2.21. The molecule has 2 aromatic heterocycles. The second-order valence-corrected chi connectivity index (χ2v) is 7.39. The molecule has 0 bridgehead atoms. The van der Waals surface area contributed by atoms with Crippen LogP contribution in [0.2, 0.25) is 0 Å². The van der Waals surface area contributed by atoms with Crippen molar-refractivity contribution in [2.24, 2.45) is 0 Å². The summed E-state index contributed by atoms with van der Waals surface area (Å²) in [6.45, 7) is 1.90. The van der Waals surface area contributed by atoms with Gasteiger partial charge in [-0.3, -0.25) is 14.8 Å². The van der Waals surface area contributed by atoms with Crippen molar-refractivity contribution in [1.29, 1.82) is 0 Å². The minimum absolute atomic E-state index is 0.0206. The van der Waals surface area contributed by atoms with Crippen LogP contribution in [0.1, 0.15) is 21.7 Å². The van der Waals surface area contributed by atoms with Gasteiger partial charge in [-0.15, -0.1) is 0 Å². The maximum absolute atomic E-state index is 12.7. The van der Waals surface area contributed by atoms with Crippen molar-refractivity contribution in [2.75, 3.05) is 7.11 Å². The molecule has 0 spiro atoms. The van der Waals surface area contributed by atoms with Crippen LogP contribution in [-0.4, -0.2) is 40.6 Å². The second kappa shape index (κ2) is 7.54. The second-order valence-electron chi connectivity index (χ2n) is 5.59. The van der Waals surface area contributed by atoms with Gasteiger partial charge in [0.05, 0.1) is 30.4 Å². The van der Waals surface area contributed by atoms with E-state index in [0.29, 0.717) is 17.0 Å². The molecule has 0 aliphatic heterocycles. The number of benzene rings is 1. The number of carbonyl (C=O) groups excluding carboxylic acids is 1. The zero-order valence-corrected chi connectivity index (χ0v) is 15.5. The molecule has 27 heavy (non-hydrogen) atoms. The lowest BCUT2D eigenvalue weighted by atomic mass is 10.2. The molecule has 140 valence electrons. The molecule has 0 radical (unpaired) electrons. The maximum atomic E-state index is 12.7. The van der Waals surface area contributed by atoms with Crippen LogP contribution in [0.5, 0.6) is 5.75 Å². The summed E-state index contributed by atoms with van der Waals surface area (Å²) >= 11 is 0. The van der Waals surface area contributed by atoms with Gasteiger partial charge in [0.25, 0.3) is 15.9 Å². The fraction of sp³-hybridized carbons (Fsp3) is 0.176. The monoisotopic (exact) mass is 387 g/mol. The van der Waals surface area contributed by atoms with Crippen LogP contribution in [0.15, 0.2) is 53.9 Å². The average Bonchev–Trinajstić information content (AvgIpc) is 3.18. The Bertz CT molecular complexity index is 1060. The molecule has 0 saturated heterocycles. The molecular weight excluding hydrogens is 370 g/mol. The zero-order valence-electron chi connectivity index (χ0n) is 14.7. The smallest absolute Gasteiger partial charge is 0.282 e. The maximum Gasteiger partial charge on any atom is 0.282 e. The van der Waals surface area contributed by atoms with Crippen molar-refractivity contribution >= 4 is 15.9 Å². The van der Waals surface area contributed by atoms with Gasteiger partial charge < -0.3 is 10.1 Å². The molecule has 1 amide bonds. The van der Waals surface area contributed by atoms with E-state index in [1.165, 1.54) is 50.1 Å². The number of nitrogens with zero attached hydrogens (tertiary/aromatic N) is 4. The Kier molecular flexibility index (Phi) is 5.17. The SMILES string of the molecule is COc1ccc(S(=O)(=O)n2ccc(C(=O)NCc3cnccn3)n2)cc1C. The number of amides is 1. The number of carbonyl (C=O) groups is 1. The van der Waals surface area contributed by atoms with E-state index in [1.54, 1.807) is 13.0 Å². The number of rotatable bonds is 6. The number of hydrogen-bond donors (Lipinski definition) is 1. The van der Waals surface area contributed by atoms with Gasteiger partial charge in [-0.05, 0) is 36.8 Å². The Morgan fingerprint density at radius 2 is 2.07 bits per heavy atom. The fourth-order valence-electron chi connectivity index (χ4n) is 2.36. The third kappa shape index (κ3) is 3.95. The summed E-state index contributed by atoms with van der Waals surface area (Å²) in [6.07, 6.45) is 5.79. The van der Waals surface area contributed by atoms with E-state index in [9.17, 15) is 13.2 Å². The third-order valence-electron chi connectivity index (χ3n) is 3.76. The Hall–Kier alpha value is -3.27. The standard InChI is InChI=1S/C17H17N5O4S/c1-12-9-14(3-4-16(12)26-2)27(24,25)22-8-5-15(21-22)17(23)20-11-13-10-18-6-7-19-13/h3-10H,11H2,1-2H3,(H,20,23). The highest BCUT2D eigenvalue weighted by atomic mass is 32.2. The van der Waals surface area contributed by atoms with Gasteiger partial charge in [0, 0.05) is 18.6 Å². The molecule has 1 N–H and O–H groups in total. The van der Waals surface area contributed by atoms with Crippen molar-refractivity contribution in [3.05, 3.63) is 66.0 Å². The molecule has 0 saturated carbocycles. The van der Waals surface area contributed by atoms with E-state index in [4.69, 9.17) is 4.74 Å². The van der Waals surface area contributed by atoms with Gasteiger partial charge in [-0.25, -0.2) is 0 Å². The lowest BCUT2D eigenvalue weighted by Gasteiger charge is -2.08. The minimum Gasteiger partial charge on any atom is -0.496 e. The highest BCUT2D eigenvalue weighted by molar-refractivity contribution is 7.89. The van der Waals surface area contributed by atoms with Gasteiger partial charge in [0.1, 0.15) is 5.75 Å². The lowest BCUT2D eigenvalue weighted by Crippen LogP contribution is -2.24. The summed E-state index contributed by atoms with van der Waals surface area (Å²) in [5.41, 5.74) is 1.23. The van der Waals surface area contributed by atoms with Crippen molar-refractivity contribution in [2.45, 2.75) is 18.4 Å². The first kappa shape index (κ1) is 18.5. The number of aromatic nitrogens is 4. The summed E-state index contributed by atoms with van der Waals surface area (Å²) in [5.74, 6) is 0.0685. The molecule has 0 aliphatic rings. The number of ether oxygens (including phenoxy) is 1. The zero-order chi connectivity index (χ0) is 19.4. The molecule has 10 heteroatoms. The predicted molar refractivity (Wildman–Crippen MR) is 95.7 cm³/mol. The van der Waals surface area contributed by atoms with Gasteiger partial charge in [-0.1, -0.05) is 0 Å². The first-order valence-corrected chi connectivity index (χ1v) is 9.35. The topological polar surface area (TPSA) is 116 Å². The van der Waals surface area contributed by atoms with E-state index < -0.39 is 15.9 Å². The average molecular weight is 387 g/mol. The Balaban J connectivity index is 1.77. The van der Waals surface area contributed by atoms with Crippen LogP contribution in [0.3, 0.4) is 0 Å². The normalized spacial score (nSPS) is 11.2. The van der Waals surface area contributed by atoms with E-state index in [2.05, 4.69) is 20.4 Å². The molecule has 2 heterocycles. The molecule has 3 aromatic rings. The largest absolute Gasteiger partial charge is 0.496 e. The van der Waals surface area contributed by atoms with Crippen LogP contribution >= 0.6 is 0 Å². The van der Waals surface area contributed by atoms with Gasteiger partial charge in [0.2, 0.25) is 0 Å². The Morgan fingerprint density at radius 3 is 2.74 bits per heavy atom. The molecule has 0 aliphatic carbocycles. The summed E-state index contributed by atoms with van der Waals surface area (Å²) in [5, 5.41) is 6.51. The summed E-state index contributed by atoms with van der Waals surface area (Å²) in [4.78, 5) is 20.2. The summed E-state index contributed by atoms with van der Waals surface area (Å²) < 4.78 is 31.3. The van der Waals surface area contributed by atoms with Crippen molar-refractivity contribution in [3.63, 3.8) is 0 Å². The Morgan fingerprint density at radius 1 is 1.26 bits per heavy atom. The van der Waals surface area contributed by atoms with Gasteiger partial charge in [-0.2, -0.15) is 17.6 Å². The first-order chi connectivity index (χ1) is 12.9.